The Kier molecular flexibility index (Phi) is 3.57. The van der Waals surface area contributed by atoms with Crippen LogP contribution in [0.4, 0.5) is 5.69 Å². The Hall–Kier alpha value is -2.34. The van der Waals surface area contributed by atoms with Crippen molar-refractivity contribution in [3.05, 3.63) is 48.2 Å². The van der Waals surface area contributed by atoms with Gasteiger partial charge in [0.2, 0.25) is 0 Å². The minimum atomic E-state index is -0.0737. The molecule has 6 nitrogen and oxygen atoms in total. The molecule has 4 atom stereocenters. The second kappa shape index (κ2) is 5.84. The summed E-state index contributed by atoms with van der Waals surface area (Å²) in [7, 11) is 0. The number of carbonyl (C=O) groups excluding carboxylic acids is 1. The van der Waals surface area contributed by atoms with Crippen LogP contribution in [-0.4, -0.2) is 42.2 Å². The minimum Gasteiger partial charge on any atom is -0.472 e. The first-order valence-electron chi connectivity index (χ1n) is 9.30. The van der Waals surface area contributed by atoms with Gasteiger partial charge >= 0.3 is 0 Å². The third kappa shape index (κ3) is 2.35. The predicted molar refractivity (Wildman–Crippen MR) is 96.0 cm³/mol. The van der Waals surface area contributed by atoms with E-state index in [0.29, 0.717) is 23.9 Å². The number of hydrogen-bond acceptors (Lipinski definition) is 5. The molecule has 3 aliphatic heterocycles. The molecule has 0 radical (unpaired) electrons. The number of ether oxygens (including phenoxy) is 1. The number of nitrogens with zero attached hydrogens (tertiary/aromatic N) is 2. The van der Waals surface area contributed by atoms with Crippen LogP contribution in [0.2, 0.25) is 0 Å². The fraction of sp³-hybridized carbons (Fsp3) is 0.500. The number of rotatable bonds is 4. The lowest BCUT2D eigenvalue weighted by molar-refractivity contribution is 0.0141. The third-order valence-electron chi connectivity index (χ3n) is 6.40. The minimum absolute atomic E-state index is 0.0502. The monoisotopic (exact) mass is 353 g/mol. The van der Waals surface area contributed by atoms with Gasteiger partial charge < -0.3 is 19.4 Å². The maximum Gasteiger partial charge on any atom is 0.254 e. The molecule has 5 rings (SSSR count). The summed E-state index contributed by atoms with van der Waals surface area (Å²) in [4.78, 5) is 18.9. The van der Waals surface area contributed by atoms with Gasteiger partial charge in [-0.2, -0.15) is 0 Å². The molecular weight excluding hydrogens is 330 g/mol. The van der Waals surface area contributed by atoms with Crippen LogP contribution in [0, 0.1) is 18.8 Å². The molecule has 3 fully saturated rings. The third-order valence-corrected chi connectivity index (χ3v) is 6.40. The van der Waals surface area contributed by atoms with E-state index in [1.807, 2.05) is 12.4 Å². The molecule has 2 bridgehead atoms. The molecule has 6 heteroatoms. The Morgan fingerprint density at radius 1 is 1.46 bits per heavy atom. The molecule has 2 aromatic rings. The summed E-state index contributed by atoms with van der Waals surface area (Å²) in [5.74, 6) is 0.751. The number of furan rings is 1. The van der Waals surface area contributed by atoms with Crippen LogP contribution in [-0.2, 0) is 4.74 Å². The first kappa shape index (κ1) is 15.9. The fourth-order valence-corrected chi connectivity index (χ4v) is 5.17. The molecule has 0 unspecified atom stereocenters. The maximum atomic E-state index is 12.3. The Bertz CT molecular complexity index is 821. The standard InChI is InChI=1S/C20H23N3O3/c1-13-8-21-6-3-17(13)23-10-16-15(18-2-5-20(16,12-23)26-18)9-22-19(24)14-4-7-25-11-14/h3-4,6-8,11,15-16,18H,2,5,9-10,12H2,1H3,(H,22,24)/t15-,16+,18+,20+/m0/s1. The number of hydrogen-bond donors (Lipinski definition) is 1. The zero-order chi connectivity index (χ0) is 17.7. The highest BCUT2D eigenvalue weighted by molar-refractivity contribution is 5.93. The van der Waals surface area contributed by atoms with E-state index in [9.17, 15) is 4.79 Å². The number of carbonyl (C=O) groups is 1. The van der Waals surface area contributed by atoms with Gasteiger partial charge in [0.05, 0.1) is 23.5 Å². The highest BCUT2D eigenvalue weighted by atomic mass is 16.5. The Morgan fingerprint density at radius 3 is 3.19 bits per heavy atom. The molecule has 1 spiro atoms. The SMILES string of the molecule is Cc1cnccc1N1C[C@@H]2[C@H](CNC(=O)c3ccoc3)[C@H]3CC[C@]2(C1)O3. The van der Waals surface area contributed by atoms with Gasteiger partial charge in [-0.25, -0.2) is 0 Å². The van der Waals surface area contributed by atoms with Crippen molar-refractivity contribution in [1.82, 2.24) is 10.3 Å². The molecule has 5 heterocycles. The summed E-state index contributed by atoms with van der Waals surface area (Å²) < 4.78 is 11.5. The molecule has 0 aliphatic carbocycles. The average molecular weight is 353 g/mol. The van der Waals surface area contributed by atoms with Crippen LogP contribution in [0.5, 0.6) is 0 Å². The van der Waals surface area contributed by atoms with E-state index in [4.69, 9.17) is 9.15 Å². The number of pyridine rings is 1. The topological polar surface area (TPSA) is 67.6 Å². The van der Waals surface area contributed by atoms with Crippen molar-refractivity contribution >= 4 is 11.6 Å². The number of fused-ring (bicyclic) bond motifs is 1. The van der Waals surface area contributed by atoms with Crippen LogP contribution in [0.3, 0.4) is 0 Å². The number of aryl methyl sites for hydroxylation is 1. The lowest BCUT2D eigenvalue weighted by Crippen LogP contribution is -2.41. The first-order chi connectivity index (χ1) is 12.7. The molecule has 1 amide bonds. The van der Waals surface area contributed by atoms with Gasteiger partial charge in [-0.15, -0.1) is 0 Å². The largest absolute Gasteiger partial charge is 0.472 e. The molecule has 2 aromatic heterocycles. The summed E-state index contributed by atoms with van der Waals surface area (Å²) in [6.45, 7) is 4.68. The van der Waals surface area contributed by atoms with Crippen LogP contribution in [0.15, 0.2) is 41.5 Å². The Labute approximate surface area is 152 Å². The van der Waals surface area contributed by atoms with Crippen molar-refractivity contribution < 1.29 is 13.9 Å². The van der Waals surface area contributed by atoms with Gasteiger partial charge in [0, 0.05) is 49.6 Å². The van der Waals surface area contributed by atoms with E-state index in [1.54, 1.807) is 6.07 Å². The van der Waals surface area contributed by atoms with Crippen molar-refractivity contribution in [2.24, 2.45) is 11.8 Å². The van der Waals surface area contributed by atoms with E-state index in [1.165, 1.54) is 23.8 Å². The average Bonchev–Trinajstić information content (AvgIpc) is 3.40. The molecule has 1 N–H and O–H groups in total. The number of nitrogens with one attached hydrogen (secondary N) is 1. The summed E-state index contributed by atoms with van der Waals surface area (Å²) in [6, 6.07) is 3.78. The molecule has 26 heavy (non-hydrogen) atoms. The molecular formula is C20H23N3O3. The van der Waals surface area contributed by atoms with Crippen molar-refractivity contribution in [1.29, 1.82) is 0 Å². The van der Waals surface area contributed by atoms with E-state index < -0.39 is 0 Å². The van der Waals surface area contributed by atoms with Crippen LogP contribution < -0.4 is 10.2 Å². The van der Waals surface area contributed by atoms with E-state index >= 15 is 0 Å². The lowest BCUT2D eigenvalue weighted by atomic mass is 9.73. The number of anilines is 1. The normalized spacial score (nSPS) is 32.0. The summed E-state index contributed by atoms with van der Waals surface area (Å²) in [5, 5.41) is 3.08. The van der Waals surface area contributed by atoms with Gasteiger partial charge in [-0.3, -0.25) is 9.78 Å². The van der Waals surface area contributed by atoms with Gasteiger partial charge in [-0.05, 0) is 37.5 Å². The quantitative estimate of drug-likeness (QED) is 0.914. The molecule has 3 saturated heterocycles. The molecule has 136 valence electrons. The van der Waals surface area contributed by atoms with E-state index in [0.717, 1.165) is 25.9 Å². The summed E-state index contributed by atoms with van der Waals surface area (Å²) >= 11 is 0. The Balaban J connectivity index is 1.32. The zero-order valence-corrected chi connectivity index (χ0v) is 14.9. The number of amides is 1. The molecule has 0 aromatic carbocycles. The van der Waals surface area contributed by atoms with Crippen LogP contribution in [0.25, 0.3) is 0 Å². The lowest BCUT2D eigenvalue weighted by Gasteiger charge is -2.29. The maximum absolute atomic E-state index is 12.3. The highest BCUT2D eigenvalue weighted by Crippen LogP contribution is 2.55. The smallest absolute Gasteiger partial charge is 0.254 e. The fourth-order valence-electron chi connectivity index (χ4n) is 5.17. The van der Waals surface area contributed by atoms with Crippen LogP contribution >= 0.6 is 0 Å². The summed E-state index contributed by atoms with van der Waals surface area (Å²) in [5.41, 5.74) is 2.97. The Morgan fingerprint density at radius 2 is 2.38 bits per heavy atom. The van der Waals surface area contributed by atoms with Gasteiger partial charge in [0.1, 0.15) is 6.26 Å². The van der Waals surface area contributed by atoms with Gasteiger partial charge in [-0.1, -0.05) is 0 Å². The predicted octanol–water partition coefficient (Wildman–Crippen LogP) is 2.40. The van der Waals surface area contributed by atoms with E-state index in [2.05, 4.69) is 28.2 Å². The van der Waals surface area contributed by atoms with Gasteiger partial charge in [0.15, 0.2) is 0 Å². The van der Waals surface area contributed by atoms with Crippen molar-refractivity contribution in [3.63, 3.8) is 0 Å². The molecule has 0 saturated carbocycles. The van der Waals surface area contributed by atoms with Gasteiger partial charge in [0.25, 0.3) is 5.91 Å². The first-order valence-corrected chi connectivity index (χ1v) is 9.30. The van der Waals surface area contributed by atoms with Crippen molar-refractivity contribution in [2.45, 2.75) is 31.5 Å². The van der Waals surface area contributed by atoms with E-state index in [-0.39, 0.29) is 17.6 Å². The second-order valence-corrected chi connectivity index (χ2v) is 7.79. The van der Waals surface area contributed by atoms with Crippen molar-refractivity contribution in [3.8, 4) is 0 Å². The van der Waals surface area contributed by atoms with Crippen molar-refractivity contribution in [2.75, 3.05) is 24.5 Å². The van der Waals surface area contributed by atoms with Crippen LogP contribution in [0.1, 0.15) is 28.8 Å². The number of aromatic nitrogens is 1. The summed E-state index contributed by atoms with van der Waals surface area (Å²) in [6.07, 6.45) is 9.26. The highest BCUT2D eigenvalue weighted by Gasteiger charge is 2.62. The molecule has 3 aliphatic rings. The zero-order valence-electron chi connectivity index (χ0n) is 14.9. The second-order valence-electron chi connectivity index (χ2n) is 7.79.